The van der Waals surface area contributed by atoms with Crippen molar-refractivity contribution in [2.24, 2.45) is 0 Å². The van der Waals surface area contributed by atoms with Crippen molar-refractivity contribution in [2.75, 3.05) is 13.1 Å². The molecule has 0 aliphatic carbocycles. The van der Waals surface area contributed by atoms with Crippen molar-refractivity contribution in [1.82, 2.24) is 5.32 Å². The van der Waals surface area contributed by atoms with Gasteiger partial charge in [0.1, 0.15) is 6.10 Å². The number of alkyl halides is 3. The summed E-state index contributed by atoms with van der Waals surface area (Å²) >= 11 is 12.0. The SMILES string of the molecule is FC(F)(F)Oc1cc(-c2ccc(Cl)cc2Cl)ccc1OC1CNC1. The summed E-state index contributed by atoms with van der Waals surface area (Å²) in [5.41, 5.74) is 1.01. The van der Waals surface area contributed by atoms with Crippen LogP contribution in [0.15, 0.2) is 36.4 Å². The molecule has 3 nitrogen and oxygen atoms in total. The Kier molecular flexibility index (Phi) is 4.80. The Balaban J connectivity index is 1.97. The van der Waals surface area contributed by atoms with E-state index in [0.717, 1.165) is 0 Å². The molecule has 1 heterocycles. The van der Waals surface area contributed by atoms with Crippen molar-refractivity contribution in [3.8, 4) is 22.6 Å². The molecule has 24 heavy (non-hydrogen) atoms. The fourth-order valence-corrected chi connectivity index (χ4v) is 2.74. The lowest BCUT2D eigenvalue weighted by molar-refractivity contribution is -0.275. The Hall–Kier alpha value is -1.63. The number of rotatable bonds is 4. The fourth-order valence-electron chi connectivity index (χ4n) is 2.23. The van der Waals surface area contributed by atoms with E-state index in [1.165, 1.54) is 18.2 Å². The zero-order valence-corrected chi connectivity index (χ0v) is 13.7. The molecule has 1 fully saturated rings. The Labute approximate surface area is 146 Å². The molecule has 1 aliphatic rings. The first-order valence-corrected chi connectivity index (χ1v) is 7.80. The fraction of sp³-hybridized carbons (Fsp3) is 0.250. The van der Waals surface area contributed by atoms with Crippen molar-refractivity contribution in [3.05, 3.63) is 46.4 Å². The maximum Gasteiger partial charge on any atom is 0.573 e. The molecule has 128 valence electrons. The molecule has 0 atom stereocenters. The highest BCUT2D eigenvalue weighted by molar-refractivity contribution is 6.36. The van der Waals surface area contributed by atoms with Gasteiger partial charge in [0.2, 0.25) is 0 Å². The predicted octanol–water partition coefficient (Wildman–Crippen LogP) is 4.91. The third-order valence-corrected chi connectivity index (χ3v) is 4.00. The van der Waals surface area contributed by atoms with Crippen LogP contribution in [0.2, 0.25) is 10.0 Å². The summed E-state index contributed by atoms with van der Waals surface area (Å²) in [5.74, 6) is -0.370. The Morgan fingerprint density at radius 1 is 1.00 bits per heavy atom. The minimum absolute atomic E-state index is 0.0349. The first-order valence-electron chi connectivity index (χ1n) is 7.04. The molecule has 1 N–H and O–H groups in total. The maximum absolute atomic E-state index is 12.7. The molecule has 2 aromatic carbocycles. The zero-order chi connectivity index (χ0) is 17.3. The van der Waals surface area contributed by atoms with Crippen LogP contribution in [0.3, 0.4) is 0 Å². The highest BCUT2D eigenvalue weighted by atomic mass is 35.5. The van der Waals surface area contributed by atoms with Crippen LogP contribution >= 0.6 is 23.2 Å². The van der Waals surface area contributed by atoms with Crippen LogP contribution in [0.5, 0.6) is 11.5 Å². The molecule has 0 amide bonds. The van der Waals surface area contributed by atoms with E-state index in [2.05, 4.69) is 10.1 Å². The van der Waals surface area contributed by atoms with Gasteiger partial charge in [0.05, 0.1) is 0 Å². The summed E-state index contributed by atoms with van der Waals surface area (Å²) in [6.45, 7) is 1.16. The molecule has 3 rings (SSSR count). The third kappa shape index (κ3) is 4.06. The highest BCUT2D eigenvalue weighted by Gasteiger charge is 2.33. The van der Waals surface area contributed by atoms with Gasteiger partial charge in [-0.1, -0.05) is 35.3 Å². The minimum atomic E-state index is -4.82. The molecular weight excluding hydrogens is 366 g/mol. The van der Waals surface area contributed by atoms with E-state index in [-0.39, 0.29) is 11.9 Å². The minimum Gasteiger partial charge on any atom is -0.484 e. The smallest absolute Gasteiger partial charge is 0.484 e. The maximum atomic E-state index is 12.7. The summed E-state index contributed by atoms with van der Waals surface area (Å²) in [5, 5.41) is 3.75. The van der Waals surface area contributed by atoms with E-state index in [4.69, 9.17) is 27.9 Å². The van der Waals surface area contributed by atoms with Gasteiger partial charge in [-0.25, -0.2) is 0 Å². The molecule has 0 spiro atoms. The van der Waals surface area contributed by atoms with E-state index in [1.807, 2.05) is 0 Å². The number of ether oxygens (including phenoxy) is 2. The van der Waals surface area contributed by atoms with Crippen LogP contribution in [-0.2, 0) is 0 Å². The van der Waals surface area contributed by atoms with E-state index in [1.54, 1.807) is 18.2 Å². The average molecular weight is 378 g/mol. The van der Waals surface area contributed by atoms with Gasteiger partial charge in [-0.3, -0.25) is 0 Å². The second kappa shape index (κ2) is 6.70. The summed E-state index contributed by atoms with van der Waals surface area (Å²) in [6.07, 6.45) is -5.00. The lowest BCUT2D eigenvalue weighted by atomic mass is 10.0. The van der Waals surface area contributed by atoms with Gasteiger partial charge in [-0.15, -0.1) is 13.2 Å². The van der Waals surface area contributed by atoms with E-state index < -0.39 is 12.1 Å². The summed E-state index contributed by atoms with van der Waals surface area (Å²) < 4.78 is 47.7. The predicted molar refractivity (Wildman–Crippen MR) is 85.9 cm³/mol. The lowest BCUT2D eigenvalue weighted by Crippen LogP contribution is -2.50. The third-order valence-electron chi connectivity index (χ3n) is 3.45. The van der Waals surface area contributed by atoms with Gasteiger partial charge < -0.3 is 14.8 Å². The van der Waals surface area contributed by atoms with Gasteiger partial charge >= 0.3 is 6.36 Å². The molecule has 0 unspecified atom stereocenters. The Morgan fingerprint density at radius 2 is 1.75 bits per heavy atom. The second-order valence-electron chi connectivity index (χ2n) is 5.23. The van der Waals surface area contributed by atoms with Crippen molar-refractivity contribution in [3.63, 3.8) is 0 Å². The molecule has 0 saturated carbocycles. The second-order valence-corrected chi connectivity index (χ2v) is 6.08. The van der Waals surface area contributed by atoms with Gasteiger partial charge in [0.15, 0.2) is 11.5 Å². The number of hydrogen-bond donors (Lipinski definition) is 1. The average Bonchev–Trinajstić information content (AvgIpc) is 2.42. The summed E-state index contributed by atoms with van der Waals surface area (Å²) in [7, 11) is 0. The molecule has 2 aromatic rings. The van der Waals surface area contributed by atoms with E-state index >= 15 is 0 Å². The number of nitrogens with one attached hydrogen (secondary N) is 1. The molecule has 1 saturated heterocycles. The van der Waals surface area contributed by atoms with Crippen LogP contribution < -0.4 is 14.8 Å². The van der Waals surface area contributed by atoms with E-state index in [0.29, 0.717) is 34.3 Å². The zero-order valence-electron chi connectivity index (χ0n) is 12.2. The quantitative estimate of drug-likeness (QED) is 0.820. The van der Waals surface area contributed by atoms with Crippen LogP contribution in [0.4, 0.5) is 13.2 Å². The summed E-state index contributed by atoms with van der Waals surface area (Å²) in [6, 6.07) is 9.09. The van der Waals surface area contributed by atoms with Gasteiger partial charge in [0.25, 0.3) is 0 Å². The standard InChI is InChI=1S/C16H12Cl2F3NO2/c17-10-2-3-12(13(18)6-10)9-1-4-14(23-11-7-22-8-11)15(5-9)24-16(19,20)21/h1-6,11,22H,7-8H2. The number of hydrogen-bond acceptors (Lipinski definition) is 3. The largest absolute Gasteiger partial charge is 0.573 e. The van der Waals surface area contributed by atoms with Gasteiger partial charge in [0, 0.05) is 28.7 Å². The van der Waals surface area contributed by atoms with E-state index in [9.17, 15) is 13.2 Å². The molecule has 0 bridgehead atoms. The van der Waals surface area contributed by atoms with Crippen LogP contribution in [-0.4, -0.2) is 25.6 Å². The van der Waals surface area contributed by atoms with Crippen LogP contribution in [0.25, 0.3) is 11.1 Å². The topological polar surface area (TPSA) is 30.5 Å². The molecule has 8 heteroatoms. The lowest BCUT2D eigenvalue weighted by Gasteiger charge is -2.28. The molecular formula is C16H12Cl2F3NO2. The molecule has 1 aliphatic heterocycles. The monoisotopic (exact) mass is 377 g/mol. The Bertz CT molecular complexity index is 749. The molecule has 0 radical (unpaired) electrons. The van der Waals surface area contributed by atoms with Gasteiger partial charge in [-0.2, -0.15) is 0 Å². The highest BCUT2D eigenvalue weighted by Crippen LogP contribution is 2.39. The molecule has 0 aromatic heterocycles. The normalized spacial score (nSPS) is 15.0. The number of benzene rings is 2. The van der Waals surface area contributed by atoms with Crippen LogP contribution in [0.1, 0.15) is 0 Å². The van der Waals surface area contributed by atoms with Crippen molar-refractivity contribution >= 4 is 23.2 Å². The van der Waals surface area contributed by atoms with Gasteiger partial charge in [-0.05, 0) is 29.8 Å². The van der Waals surface area contributed by atoms with Crippen molar-refractivity contribution in [2.45, 2.75) is 12.5 Å². The first kappa shape index (κ1) is 17.2. The first-order chi connectivity index (χ1) is 11.3. The van der Waals surface area contributed by atoms with Crippen molar-refractivity contribution < 1.29 is 22.6 Å². The Morgan fingerprint density at radius 3 is 2.33 bits per heavy atom. The summed E-state index contributed by atoms with van der Waals surface area (Å²) in [4.78, 5) is 0. The number of halogens is 5. The van der Waals surface area contributed by atoms with Crippen molar-refractivity contribution in [1.29, 1.82) is 0 Å². The van der Waals surface area contributed by atoms with Crippen LogP contribution in [0, 0.1) is 0 Å².